The molecule has 1 amide bonds. The second-order valence-electron chi connectivity index (χ2n) is 7.34. The van der Waals surface area contributed by atoms with Crippen molar-refractivity contribution < 1.29 is 9.53 Å². The molecule has 26 heavy (non-hydrogen) atoms. The van der Waals surface area contributed by atoms with Crippen LogP contribution in [0.25, 0.3) is 10.9 Å². The van der Waals surface area contributed by atoms with E-state index in [1.165, 1.54) is 5.56 Å². The first-order valence-corrected chi connectivity index (χ1v) is 9.36. The summed E-state index contributed by atoms with van der Waals surface area (Å²) in [6.07, 6.45) is 2.01. The number of methoxy groups -OCH3 is 1. The number of ether oxygens (including phenoxy) is 1. The normalized spacial score (nSPS) is 16.2. The molecule has 3 rings (SSSR count). The van der Waals surface area contributed by atoms with Gasteiger partial charge in [-0.25, -0.2) is 0 Å². The Hall–Kier alpha value is -1.98. The Morgan fingerprint density at radius 3 is 2.69 bits per heavy atom. The summed E-state index contributed by atoms with van der Waals surface area (Å²) < 4.78 is 5.27. The van der Waals surface area contributed by atoms with E-state index in [0.717, 1.165) is 42.5 Å². The summed E-state index contributed by atoms with van der Waals surface area (Å²) in [5.41, 5.74) is 3.61. The quantitative estimate of drug-likeness (QED) is 0.827. The van der Waals surface area contributed by atoms with Gasteiger partial charge in [-0.15, -0.1) is 0 Å². The minimum absolute atomic E-state index is 0.0741. The number of aromatic nitrogens is 1. The fourth-order valence-corrected chi connectivity index (χ4v) is 3.71. The molecule has 2 aromatic rings. The van der Waals surface area contributed by atoms with Crippen molar-refractivity contribution in [1.29, 1.82) is 0 Å². The Kier molecular flexibility index (Phi) is 5.89. The van der Waals surface area contributed by atoms with Crippen LogP contribution in [0, 0.1) is 13.8 Å². The summed E-state index contributed by atoms with van der Waals surface area (Å²) in [6.45, 7) is 7.21. The Morgan fingerprint density at radius 1 is 1.27 bits per heavy atom. The van der Waals surface area contributed by atoms with E-state index >= 15 is 0 Å². The van der Waals surface area contributed by atoms with Crippen molar-refractivity contribution in [1.82, 2.24) is 14.8 Å². The third kappa shape index (κ3) is 4.05. The van der Waals surface area contributed by atoms with Gasteiger partial charge in [0, 0.05) is 25.1 Å². The number of nitrogens with zero attached hydrogens (tertiary/aromatic N) is 3. The fraction of sp³-hybridized carbons (Fsp3) is 0.524. The lowest BCUT2D eigenvalue weighted by molar-refractivity contribution is 0.0504. The molecule has 2 heterocycles. The van der Waals surface area contributed by atoms with E-state index in [-0.39, 0.29) is 11.9 Å². The van der Waals surface area contributed by atoms with E-state index in [4.69, 9.17) is 4.74 Å². The lowest BCUT2D eigenvalue weighted by atomic mass is 10.0. The topological polar surface area (TPSA) is 45.7 Å². The van der Waals surface area contributed by atoms with Crippen LogP contribution < -0.4 is 0 Å². The Bertz CT molecular complexity index is 782. The summed E-state index contributed by atoms with van der Waals surface area (Å²) in [5.74, 6) is 0.0741. The molecular weight excluding hydrogens is 326 g/mol. The standard InChI is InChI=1S/C21H29N3O2/c1-15-5-6-20-17(13-15)14-19(16(2)22-20)21(25)24(11-12-26-4)18-7-9-23(3)10-8-18/h5-6,13-14,18H,7-12H2,1-4H3. The lowest BCUT2D eigenvalue weighted by Crippen LogP contribution is -2.48. The minimum Gasteiger partial charge on any atom is -0.383 e. The molecular formula is C21H29N3O2. The van der Waals surface area contributed by atoms with Crippen LogP contribution in [0.2, 0.25) is 0 Å². The van der Waals surface area contributed by atoms with Gasteiger partial charge in [0.1, 0.15) is 0 Å². The number of likely N-dealkylation sites (tertiary alicyclic amines) is 1. The monoisotopic (exact) mass is 355 g/mol. The lowest BCUT2D eigenvalue weighted by Gasteiger charge is -2.37. The highest BCUT2D eigenvalue weighted by molar-refractivity contribution is 5.99. The van der Waals surface area contributed by atoms with Gasteiger partial charge in [0.25, 0.3) is 5.91 Å². The number of hydrogen-bond donors (Lipinski definition) is 0. The number of carbonyl (C=O) groups is 1. The van der Waals surface area contributed by atoms with Crippen molar-refractivity contribution in [2.75, 3.05) is 40.4 Å². The van der Waals surface area contributed by atoms with Gasteiger partial charge >= 0.3 is 0 Å². The van der Waals surface area contributed by atoms with Crippen LogP contribution in [-0.2, 0) is 4.74 Å². The van der Waals surface area contributed by atoms with Crippen molar-refractivity contribution in [3.63, 3.8) is 0 Å². The third-order valence-electron chi connectivity index (χ3n) is 5.32. The Balaban J connectivity index is 1.92. The summed E-state index contributed by atoms with van der Waals surface area (Å²) in [7, 11) is 3.82. The van der Waals surface area contributed by atoms with Gasteiger partial charge in [-0.2, -0.15) is 0 Å². The number of carbonyl (C=O) groups excluding carboxylic acids is 1. The average molecular weight is 355 g/mol. The first-order valence-electron chi connectivity index (χ1n) is 9.36. The molecule has 1 fully saturated rings. The van der Waals surface area contributed by atoms with E-state index < -0.39 is 0 Å². The van der Waals surface area contributed by atoms with Crippen LogP contribution in [0.3, 0.4) is 0 Å². The number of hydrogen-bond acceptors (Lipinski definition) is 4. The zero-order valence-electron chi connectivity index (χ0n) is 16.3. The predicted octanol–water partition coefficient (Wildman–Crippen LogP) is 3.03. The molecule has 0 aliphatic carbocycles. The van der Waals surface area contributed by atoms with Crippen LogP contribution >= 0.6 is 0 Å². The second-order valence-corrected chi connectivity index (χ2v) is 7.34. The van der Waals surface area contributed by atoms with Gasteiger partial charge in [-0.05, 0) is 65.0 Å². The summed E-state index contributed by atoms with van der Waals surface area (Å²) in [6, 6.07) is 8.43. The number of aryl methyl sites for hydroxylation is 2. The van der Waals surface area contributed by atoms with Gasteiger partial charge in [0.15, 0.2) is 0 Å². The van der Waals surface area contributed by atoms with Crippen LogP contribution in [-0.4, -0.2) is 67.1 Å². The summed E-state index contributed by atoms with van der Waals surface area (Å²) >= 11 is 0. The average Bonchev–Trinajstić information content (AvgIpc) is 2.63. The molecule has 0 N–H and O–H groups in total. The predicted molar refractivity (Wildman–Crippen MR) is 105 cm³/mol. The molecule has 1 aliphatic rings. The van der Waals surface area contributed by atoms with Crippen molar-refractivity contribution in [3.8, 4) is 0 Å². The zero-order valence-corrected chi connectivity index (χ0v) is 16.3. The van der Waals surface area contributed by atoms with E-state index in [9.17, 15) is 4.79 Å². The van der Waals surface area contributed by atoms with Crippen LogP contribution in [0.4, 0.5) is 0 Å². The molecule has 1 aromatic heterocycles. The molecule has 0 saturated carbocycles. The maximum absolute atomic E-state index is 13.4. The number of pyridine rings is 1. The summed E-state index contributed by atoms with van der Waals surface area (Å²) in [4.78, 5) is 22.4. The highest BCUT2D eigenvalue weighted by Crippen LogP contribution is 2.23. The van der Waals surface area contributed by atoms with Crippen molar-refractivity contribution in [2.45, 2.75) is 32.7 Å². The molecule has 1 aliphatic heterocycles. The van der Waals surface area contributed by atoms with Crippen molar-refractivity contribution in [3.05, 3.63) is 41.1 Å². The molecule has 0 spiro atoms. The maximum atomic E-state index is 13.4. The molecule has 0 bridgehead atoms. The first kappa shape index (κ1) is 18.8. The van der Waals surface area contributed by atoms with E-state index in [1.807, 2.05) is 24.0 Å². The second kappa shape index (κ2) is 8.14. The maximum Gasteiger partial charge on any atom is 0.256 e. The first-order chi connectivity index (χ1) is 12.5. The molecule has 1 aromatic carbocycles. The minimum atomic E-state index is 0.0741. The number of benzene rings is 1. The number of piperidine rings is 1. The molecule has 1 saturated heterocycles. The fourth-order valence-electron chi connectivity index (χ4n) is 3.71. The Labute approximate surface area is 156 Å². The zero-order chi connectivity index (χ0) is 18.7. The highest BCUT2D eigenvalue weighted by Gasteiger charge is 2.28. The number of fused-ring (bicyclic) bond motifs is 1. The molecule has 5 nitrogen and oxygen atoms in total. The van der Waals surface area contributed by atoms with Crippen LogP contribution in [0.1, 0.15) is 34.5 Å². The van der Waals surface area contributed by atoms with E-state index in [2.05, 4.69) is 36.0 Å². The van der Waals surface area contributed by atoms with Crippen molar-refractivity contribution in [2.24, 2.45) is 0 Å². The van der Waals surface area contributed by atoms with Gasteiger partial charge in [0.2, 0.25) is 0 Å². The van der Waals surface area contributed by atoms with Crippen LogP contribution in [0.5, 0.6) is 0 Å². The molecule has 0 radical (unpaired) electrons. The molecule has 140 valence electrons. The number of amides is 1. The Morgan fingerprint density at radius 2 is 2.00 bits per heavy atom. The van der Waals surface area contributed by atoms with Gasteiger partial charge < -0.3 is 14.5 Å². The van der Waals surface area contributed by atoms with Crippen molar-refractivity contribution >= 4 is 16.8 Å². The smallest absolute Gasteiger partial charge is 0.256 e. The number of rotatable bonds is 5. The molecule has 5 heteroatoms. The van der Waals surface area contributed by atoms with E-state index in [1.54, 1.807) is 7.11 Å². The summed E-state index contributed by atoms with van der Waals surface area (Å²) in [5, 5.41) is 1.02. The highest BCUT2D eigenvalue weighted by atomic mass is 16.5. The third-order valence-corrected chi connectivity index (χ3v) is 5.32. The van der Waals surface area contributed by atoms with Gasteiger partial charge in [-0.1, -0.05) is 11.6 Å². The van der Waals surface area contributed by atoms with Gasteiger partial charge in [-0.3, -0.25) is 9.78 Å². The SMILES string of the molecule is COCCN(C(=O)c1cc2cc(C)ccc2nc1C)C1CCN(C)CC1. The molecule has 0 atom stereocenters. The van der Waals surface area contributed by atoms with E-state index in [0.29, 0.717) is 18.7 Å². The largest absolute Gasteiger partial charge is 0.383 e. The van der Waals surface area contributed by atoms with Gasteiger partial charge in [0.05, 0.1) is 23.4 Å². The molecule has 0 unspecified atom stereocenters. The van der Waals surface area contributed by atoms with Crippen LogP contribution in [0.15, 0.2) is 24.3 Å².